The van der Waals surface area contributed by atoms with Gasteiger partial charge in [-0.15, -0.1) is 0 Å². The van der Waals surface area contributed by atoms with Gasteiger partial charge in [-0.1, -0.05) is 12.8 Å². The van der Waals surface area contributed by atoms with E-state index in [1.807, 2.05) is 0 Å². The second-order valence-corrected chi connectivity index (χ2v) is 6.73. The van der Waals surface area contributed by atoms with Gasteiger partial charge in [0.05, 0.1) is 6.61 Å². The normalized spacial score (nSPS) is 37.4. The summed E-state index contributed by atoms with van der Waals surface area (Å²) >= 11 is 0.721. The molecule has 2 rings (SSSR count). The number of carbonyl (C=O) groups excluding carboxylic acids is 2. The third kappa shape index (κ3) is 5.05. The number of hydrogen-bond donors (Lipinski definition) is 4. The first-order chi connectivity index (χ1) is 11.0. The predicted molar refractivity (Wildman–Crippen MR) is 81.7 cm³/mol. The highest BCUT2D eigenvalue weighted by Crippen LogP contribution is 2.30. The molecule has 0 radical (unpaired) electrons. The second-order valence-electron chi connectivity index (χ2n) is 5.66. The Kier molecular flexibility index (Phi) is 7.09. The molecule has 5 atom stereocenters. The Bertz CT molecular complexity index is 422. The van der Waals surface area contributed by atoms with Gasteiger partial charge in [-0.3, -0.25) is 9.59 Å². The fourth-order valence-electron chi connectivity index (χ4n) is 2.59. The average Bonchev–Trinajstić information content (AvgIpc) is 2.52. The number of esters is 1. The number of rotatable bonds is 1. The molecular formula is C14H23NO7S. The molecule has 132 valence electrons. The summed E-state index contributed by atoms with van der Waals surface area (Å²) in [6.45, 7) is -0.00477. The minimum atomic E-state index is -1.37. The lowest BCUT2D eigenvalue weighted by molar-refractivity contribution is -0.220. The van der Waals surface area contributed by atoms with Crippen LogP contribution in [0.3, 0.4) is 0 Å². The van der Waals surface area contributed by atoms with Crippen LogP contribution in [0.1, 0.15) is 32.1 Å². The molecule has 2 aliphatic heterocycles. The predicted octanol–water partition coefficient (Wildman–Crippen LogP) is -0.256. The van der Waals surface area contributed by atoms with Gasteiger partial charge in [0.2, 0.25) is 0 Å². The lowest BCUT2D eigenvalue weighted by atomic mass is 10.00. The molecule has 2 bridgehead atoms. The number of carbonyl (C=O) groups is 2. The Morgan fingerprint density at radius 1 is 1.13 bits per heavy atom. The van der Waals surface area contributed by atoms with E-state index < -0.39 is 42.4 Å². The van der Waals surface area contributed by atoms with Crippen LogP contribution >= 0.6 is 11.8 Å². The first kappa shape index (κ1) is 18.5. The van der Waals surface area contributed by atoms with Crippen molar-refractivity contribution in [2.24, 2.45) is 0 Å². The van der Waals surface area contributed by atoms with Gasteiger partial charge in [0.15, 0.2) is 6.10 Å². The Labute approximate surface area is 138 Å². The third-order valence-corrected chi connectivity index (χ3v) is 4.87. The molecular weight excluding hydrogens is 326 g/mol. The Morgan fingerprint density at radius 3 is 2.61 bits per heavy atom. The van der Waals surface area contributed by atoms with Gasteiger partial charge >= 0.3 is 5.97 Å². The van der Waals surface area contributed by atoms with Crippen molar-refractivity contribution in [2.45, 2.75) is 62.0 Å². The molecule has 1 amide bonds. The topological polar surface area (TPSA) is 125 Å². The maximum atomic E-state index is 11.9. The zero-order valence-electron chi connectivity index (χ0n) is 12.7. The molecule has 0 aromatic carbocycles. The third-order valence-electron chi connectivity index (χ3n) is 3.89. The highest BCUT2D eigenvalue weighted by Gasteiger charge is 2.47. The summed E-state index contributed by atoms with van der Waals surface area (Å²) in [6.07, 6.45) is -1.62. The molecule has 0 unspecified atom stereocenters. The lowest BCUT2D eigenvalue weighted by Crippen LogP contribution is -2.59. The minimum absolute atomic E-state index is 0.199. The van der Waals surface area contributed by atoms with Gasteiger partial charge in [-0.25, -0.2) is 0 Å². The van der Waals surface area contributed by atoms with E-state index in [0.29, 0.717) is 13.0 Å². The molecule has 2 aliphatic rings. The van der Waals surface area contributed by atoms with Crippen LogP contribution in [0, 0.1) is 0 Å². The van der Waals surface area contributed by atoms with Crippen LogP contribution in [-0.2, 0) is 14.3 Å². The summed E-state index contributed by atoms with van der Waals surface area (Å²) in [5.74, 6) is -0.517. The SMILES string of the molecule is O=C1CCCCCCNC(=O)S[C@@H]2O[C@H](CO)[C@@H](O)[C@H](O1)[C@H]2O. The van der Waals surface area contributed by atoms with Crippen molar-refractivity contribution in [1.29, 1.82) is 0 Å². The Morgan fingerprint density at radius 2 is 1.87 bits per heavy atom. The van der Waals surface area contributed by atoms with Crippen molar-refractivity contribution in [3.63, 3.8) is 0 Å². The number of thioether (sulfide) groups is 1. The quantitative estimate of drug-likeness (QED) is 0.477. The van der Waals surface area contributed by atoms with E-state index in [0.717, 1.165) is 31.0 Å². The van der Waals surface area contributed by atoms with Crippen LogP contribution < -0.4 is 5.32 Å². The molecule has 2 fully saturated rings. The Hall–Kier alpha value is -0.870. The lowest BCUT2D eigenvalue weighted by Gasteiger charge is -2.41. The first-order valence-electron chi connectivity index (χ1n) is 7.79. The molecule has 23 heavy (non-hydrogen) atoms. The number of hydrogen-bond acceptors (Lipinski definition) is 8. The number of ether oxygens (including phenoxy) is 2. The van der Waals surface area contributed by atoms with E-state index in [2.05, 4.69) is 5.32 Å². The maximum absolute atomic E-state index is 11.9. The summed E-state index contributed by atoms with van der Waals surface area (Å²) < 4.78 is 10.5. The zero-order chi connectivity index (χ0) is 16.8. The van der Waals surface area contributed by atoms with Gasteiger partial charge in [-0.2, -0.15) is 0 Å². The fraction of sp³-hybridized carbons (Fsp3) is 0.857. The van der Waals surface area contributed by atoms with Crippen molar-refractivity contribution < 1.29 is 34.4 Å². The maximum Gasteiger partial charge on any atom is 0.306 e. The number of fused-ring (bicyclic) bond motifs is 2. The van der Waals surface area contributed by atoms with Gasteiger partial charge in [0, 0.05) is 13.0 Å². The molecule has 9 heteroatoms. The van der Waals surface area contributed by atoms with Crippen molar-refractivity contribution in [1.82, 2.24) is 5.32 Å². The number of aliphatic hydroxyl groups excluding tert-OH is 3. The van der Waals surface area contributed by atoms with Crippen molar-refractivity contribution in [3.05, 3.63) is 0 Å². The molecule has 0 saturated carbocycles. The first-order valence-corrected chi connectivity index (χ1v) is 8.67. The van der Waals surface area contributed by atoms with E-state index in [1.165, 1.54) is 0 Å². The van der Waals surface area contributed by atoms with E-state index in [9.17, 15) is 24.9 Å². The van der Waals surface area contributed by atoms with E-state index in [4.69, 9.17) is 9.47 Å². The number of aliphatic hydroxyl groups is 3. The average molecular weight is 349 g/mol. The molecule has 0 aromatic heterocycles. The molecule has 4 N–H and O–H groups in total. The summed E-state index contributed by atoms with van der Waals surface area (Å²) in [5.41, 5.74) is -1.03. The largest absolute Gasteiger partial charge is 0.457 e. The molecule has 2 heterocycles. The number of nitrogens with one attached hydrogen (secondary N) is 1. The summed E-state index contributed by atoms with van der Waals surface area (Å²) in [5, 5.41) is 32.0. The van der Waals surface area contributed by atoms with Crippen LogP contribution in [0.2, 0.25) is 0 Å². The highest BCUT2D eigenvalue weighted by atomic mass is 32.2. The van der Waals surface area contributed by atoms with Gasteiger partial charge in [0.1, 0.15) is 23.7 Å². The van der Waals surface area contributed by atoms with Gasteiger partial charge in [-0.05, 0) is 24.6 Å². The van der Waals surface area contributed by atoms with Gasteiger partial charge < -0.3 is 30.1 Å². The van der Waals surface area contributed by atoms with E-state index >= 15 is 0 Å². The standard InChI is InChI=1S/C14H23NO7S/c16-7-8-10(18)12-11(19)13(21-8)23-14(20)15-6-4-2-1-3-5-9(17)22-12/h8,10-13,16,18-19H,1-7H2,(H,15,20)/t8-,10-,11-,12+,13+/m1/s1. The molecule has 0 spiro atoms. The number of amides is 1. The summed E-state index contributed by atoms with van der Waals surface area (Å²) in [6, 6.07) is 0. The van der Waals surface area contributed by atoms with Crippen LogP contribution in [0.5, 0.6) is 0 Å². The van der Waals surface area contributed by atoms with Crippen LogP contribution in [0.25, 0.3) is 0 Å². The Balaban J connectivity index is 2.13. The smallest absolute Gasteiger partial charge is 0.306 e. The minimum Gasteiger partial charge on any atom is -0.457 e. The molecule has 2 saturated heterocycles. The summed E-state index contributed by atoms with van der Waals surface area (Å²) in [4.78, 5) is 23.7. The van der Waals surface area contributed by atoms with Crippen molar-refractivity contribution >= 4 is 23.0 Å². The zero-order valence-corrected chi connectivity index (χ0v) is 13.5. The molecule has 0 aliphatic carbocycles. The monoisotopic (exact) mass is 349 g/mol. The second kappa shape index (κ2) is 8.84. The van der Waals surface area contributed by atoms with Crippen LogP contribution in [0.15, 0.2) is 0 Å². The van der Waals surface area contributed by atoms with Gasteiger partial charge in [0.25, 0.3) is 5.24 Å². The fourth-order valence-corrected chi connectivity index (χ4v) is 3.47. The van der Waals surface area contributed by atoms with Crippen LogP contribution in [0.4, 0.5) is 4.79 Å². The van der Waals surface area contributed by atoms with Crippen molar-refractivity contribution in [3.8, 4) is 0 Å². The summed E-state index contributed by atoms with van der Waals surface area (Å²) in [7, 11) is 0. The van der Waals surface area contributed by atoms with E-state index in [1.54, 1.807) is 0 Å². The molecule has 0 aromatic rings. The van der Waals surface area contributed by atoms with Crippen LogP contribution in [-0.4, -0.2) is 69.5 Å². The van der Waals surface area contributed by atoms with E-state index in [-0.39, 0.29) is 11.7 Å². The molecule has 8 nitrogen and oxygen atoms in total. The highest BCUT2D eigenvalue weighted by molar-refractivity contribution is 8.14. The van der Waals surface area contributed by atoms with Crippen molar-refractivity contribution in [2.75, 3.05) is 13.2 Å².